The van der Waals surface area contributed by atoms with Crippen molar-refractivity contribution in [2.45, 2.75) is 32.5 Å². The van der Waals surface area contributed by atoms with Gasteiger partial charge in [0.25, 0.3) is 0 Å². The highest BCUT2D eigenvalue weighted by Gasteiger charge is 2.28. The second-order valence-electron chi connectivity index (χ2n) is 8.10. The van der Waals surface area contributed by atoms with E-state index in [1.54, 1.807) is 13.2 Å². The summed E-state index contributed by atoms with van der Waals surface area (Å²) in [5.41, 5.74) is 4.29. The average molecular weight is 412 g/mol. The lowest BCUT2D eigenvalue weighted by molar-refractivity contribution is 0.0487. The van der Waals surface area contributed by atoms with Crippen LogP contribution in [0.2, 0.25) is 0 Å². The van der Waals surface area contributed by atoms with E-state index in [1.165, 1.54) is 22.7 Å². The number of aliphatic hydroxyl groups is 1. The summed E-state index contributed by atoms with van der Waals surface area (Å²) in [6, 6.07) is 13.3. The number of H-pyrrole nitrogens is 1. The first-order valence-corrected chi connectivity index (χ1v) is 10.5. The Labute approximate surface area is 177 Å². The zero-order valence-electron chi connectivity index (χ0n) is 17.7. The third-order valence-corrected chi connectivity index (χ3v) is 6.23. The van der Waals surface area contributed by atoms with Crippen molar-refractivity contribution in [1.82, 2.24) is 14.8 Å². The van der Waals surface area contributed by atoms with Crippen molar-refractivity contribution < 1.29 is 14.2 Å². The Hall–Kier alpha value is -2.41. The van der Waals surface area contributed by atoms with Gasteiger partial charge in [-0.15, -0.1) is 0 Å². The van der Waals surface area contributed by atoms with Gasteiger partial charge in [0.05, 0.1) is 7.11 Å². The third kappa shape index (κ3) is 4.36. The molecular weight excluding hydrogens is 381 g/mol. The molecule has 3 aromatic rings. The first kappa shape index (κ1) is 20.8. The Bertz CT molecular complexity index is 1000. The third-order valence-electron chi connectivity index (χ3n) is 6.23. The number of aryl methyl sites for hydroxylation is 1. The SMILES string of the molecule is COc1ccc2[nH]c(CN3CCN(Cc4ccccc4F)C(CCO)C3)c(C)c2c1. The molecule has 0 aliphatic carbocycles. The number of fused-ring (bicyclic) bond motifs is 1. The number of nitrogens with zero attached hydrogens (tertiary/aromatic N) is 2. The predicted molar refractivity (Wildman–Crippen MR) is 117 cm³/mol. The molecule has 1 aromatic heterocycles. The van der Waals surface area contributed by atoms with Gasteiger partial charge in [-0.3, -0.25) is 9.80 Å². The summed E-state index contributed by atoms with van der Waals surface area (Å²) in [4.78, 5) is 8.28. The summed E-state index contributed by atoms with van der Waals surface area (Å²) in [6.07, 6.45) is 0.688. The number of methoxy groups -OCH3 is 1. The number of halogens is 1. The number of aromatic nitrogens is 1. The van der Waals surface area contributed by atoms with Crippen LogP contribution in [0.25, 0.3) is 10.9 Å². The van der Waals surface area contributed by atoms with E-state index >= 15 is 0 Å². The molecular formula is C24H30FN3O2. The number of nitrogens with one attached hydrogen (secondary N) is 1. The minimum Gasteiger partial charge on any atom is -0.497 e. The van der Waals surface area contributed by atoms with Crippen molar-refractivity contribution in [3.8, 4) is 5.75 Å². The van der Waals surface area contributed by atoms with E-state index < -0.39 is 0 Å². The van der Waals surface area contributed by atoms with Crippen molar-refractivity contribution in [2.75, 3.05) is 33.4 Å². The maximum atomic E-state index is 14.1. The van der Waals surface area contributed by atoms with Gasteiger partial charge in [0, 0.05) is 67.5 Å². The fraction of sp³-hybridized carbons (Fsp3) is 0.417. The molecule has 0 bridgehead atoms. The van der Waals surface area contributed by atoms with Gasteiger partial charge < -0.3 is 14.8 Å². The highest BCUT2D eigenvalue weighted by atomic mass is 19.1. The zero-order chi connectivity index (χ0) is 21.1. The van der Waals surface area contributed by atoms with Crippen molar-refractivity contribution >= 4 is 10.9 Å². The number of hydrogen-bond donors (Lipinski definition) is 2. The quantitative estimate of drug-likeness (QED) is 0.623. The highest BCUT2D eigenvalue weighted by Crippen LogP contribution is 2.27. The average Bonchev–Trinajstić information content (AvgIpc) is 3.06. The number of aliphatic hydroxyl groups excluding tert-OH is 1. The fourth-order valence-electron chi connectivity index (χ4n) is 4.45. The molecule has 1 fully saturated rings. The molecule has 1 saturated heterocycles. The molecule has 2 N–H and O–H groups in total. The fourth-order valence-corrected chi connectivity index (χ4v) is 4.45. The van der Waals surface area contributed by atoms with Gasteiger partial charge in [0.1, 0.15) is 11.6 Å². The van der Waals surface area contributed by atoms with Crippen molar-refractivity contribution in [1.29, 1.82) is 0 Å². The molecule has 0 radical (unpaired) electrons. The van der Waals surface area contributed by atoms with Crippen LogP contribution in [-0.2, 0) is 13.1 Å². The van der Waals surface area contributed by atoms with Crippen LogP contribution in [0.3, 0.4) is 0 Å². The second-order valence-corrected chi connectivity index (χ2v) is 8.10. The molecule has 1 aliphatic rings. The van der Waals surface area contributed by atoms with Crippen LogP contribution in [0.5, 0.6) is 5.75 Å². The molecule has 160 valence electrons. The summed E-state index contributed by atoms with van der Waals surface area (Å²) in [5, 5.41) is 10.8. The first-order valence-electron chi connectivity index (χ1n) is 10.5. The molecule has 2 aromatic carbocycles. The highest BCUT2D eigenvalue weighted by molar-refractivity contribution is 5.85. The summed E-state index contributed by atoms with van der Waals surface area (Å²) in [5.74, 6) is 0.702. The molecule has 0 amide bonds. The van der Waals surface area contributed by atoms with Crippen LogP contribution in [-0.4, -0.2) is 59.3 Å². The van der Waals surface area contributed by atoms with E-state index in [2.05, 4.69) is 33.8 Å². The minimum absolute atomic E-state index is 0.136. The lowest BCUT2D eigenvalue weighted by atomic mass is 10.1. The lowest BCUT2D eigenvalue weighted by Crippen LogP contribution is -2.52. The molecule has 1 atom stereocenters. The standard InChI is InChI=1S/C24H30FN3O2/c1-17-21-13-20(30-2)7-8-23(21)26-24(17)16-27-10-11-28(19(15-27)9-12-29)14-18-5-3-4-6-22(18)25/h3-8,13,19,26,29H,9-12,14-16H2,1-2H3. The van der Waals surface area contributed by atoms with E-state index in [0.717, 1.165) is 37.4 Å². The van der Waals surface area contributed by atoms with Crippen LogP contribution < -0.4 is 4.74 Å². The van der Waals surface area contributed by atoms with Gasteiger partial charge in [0.15, 0.2) is 0 Å². The number of aromatic amines is 1. The van der Waals surface area contributed by atoms with Gasteiger partial charge in [0.2, 0.25) is 0 Å². The topological polar surface area (TPSA) is 51.7 Å². The minimum atomic E-state index is -0.160. The van der Waals surface area contributed by atoms with Crippen LogP contribution in [0.15, 0.2) is 42.5 Å². The Morgan fingerprint density at radius 3 is 2.77 bits per heavy atom. The molecule has 0 saturated carbocycles. The normalized spacial score (nSPS) is 18.2. The van der Waals surface area contributed by atoms with E-state index in [0.29, 0.717) is 18.5 Å². The Balaban J connectivity index is 1.47. The summed E-state index contributed by atoms with van der Waals surface area (Å²) < 4.78 is 19.5. The largest absolute Gasteiger partial charge is 0.497 e. The molecule has 1 aliphatic heterocycles. The Kier molecular flexibility index (Phi) is 6.37. The maximum Gasteiger partial charge on any atom is 0.127 e. The molecule has 30 heavy (non-hydrogen) atoms. The molecule has 2 heterocycles. The first-order chi connectivity index (χ1) is 14.6. The second kappa shape index (κ2) is 9.16. The number of piperazine rings is 1. The Morgan fingerprint density at radius 1 is 1.17 bits per heavy atom. The van der Waals surface area contributed by atoms with Crippen LogP contribution in [0.1, 0.15) is 23.2 Å². The molecule has 5 nitrogen and oxygen atoms in total. The van der Waals surface area contributed by atoms with Gasteiger partial charge in [-0.1, -0.05) is 18.2 Å². The summed E-state index contributed by atoms with van der Waals surface area (Å²) in [7, 11) is 1.69. The van der Waals surface area contributed by atoms with Crippen LogP contribution in [0, 0.1) is 12.7 Å². The van der Waals surface area contributed by atoms with E-state index in [4.69, 9.17) is 4.74 Å². The molecule has 1 unspecified atom stereocenters. The van der Waals surface area contributed by atoms with Gasteiger partial charge in [-0.05, 0) is 43.2 Å². The summed E-state index contributed by atoms with van der Waals surface area (Å²) >= 11 is 0. The number of hydrogen-bond acceptors (Lipinski definition) is 4. The maximum absolute atomic E-state index is 14.1. The van der Waals surface area contributed by atoms with Crippen LogP contribution in [0.4, 0.5) is 4.39 Å². The smallest absolute Gasteiger partial charge is 0.127 e. The lowest BCUT2D eigenvalue weighted by Gasteiger charge is -2.41. The zero-order valence-corrected chi connectivity index (χ0v) is 17.7. The van der Waals surface area contributed by atoms with Gasteiger partial charge >= 0.3 is 0 Å². The Morgan fingerprint density at radius 2 is 2.00 bits per heavy atom. The van der Waals surface area contributed by atoms with Crippen molar-refractivity contribution in [2.24, 2.45) is 0 Å². The van der Waals surface area contributed by atoms with Gasteiger partial charge in [-0.25, -0.2) is 4.39 Å². The van der Waals surface area contributed by atoms with E-state index in [9.17, 15) is 9.50 Å². The summed E-state index contributed by atoms with van der Waals surface area (Å²) in [6.45, 7) is 6.31. The monoisotopic (exact) mass is 411 g/mol. The van der Waals surface area contributed by atoms with Crippen molar-refractivity contribution in [3.05, 3.63) is 65.1 Å². The molecule has 0 spiro atoms. The van der Waals surface area contributed by atoms with E-state index in [1.807, 2.05) is 18.2 Å². The number of rotatable bonds is 7. The van der Waals surface area contributed by atoms with Crippen LogP contribution >= 0.6 is 0 Å². The number of benzene rings is 2. The number of ether oxygens (including phenoxy) is 1. The predicted octanol–water partition coefficient (Wildman–Crippen LogP) is 3.69. The van der Waals surface area contributed by atoms with E-state index in [-0.39, 0.29) is 18.5 Å². The van der Waals surface area contributed by atoms with Crippen molar-refractivity contribution in [3.63, 3.8) is 0 Å². The molecule has 4 rings (SSSR count). The van der Waals surface area contributed by atoms with Gasteiger partial charge in [-0.2, -0.15) is 0 Å². The molecule has 6 heteroatoms.